The molecule has 1 saturated heterocycles. The number of carbonyl (C=O) groups excluding carboxylic acids is 3. The molecule has 1 N–H and O–H groups in total. The number of amides is 2. The van der Waals surface area contributed by atoms with Gasteiger partial charge in [-0.1, -0.05) is 0 Å². The van der Waals surface area contributed by atoms with Crippen LogP contribution in [0.3, 0.4) is 0 Å². The molecule has 3 heterocycles. The number of hydrogen-bond acceptors (Lipinski definition) is 6. The molecule has 1 aromatic carbocycles. The van der Waals surface area contributed by atoms with Crippen LogP contribution in [0.5, 0.6) is 0 Å². The number of nitrogens with one attached hydrogen (secondary N) is 1. The number of benzene rings is 1. The fourth-order valence-corrected chi connectivity index (χ4v) is 3.22. The van der Waals surface area contributed by atoms with Crippen molar-refractivity contribution in [3.63, 3.8) is 0 Å². The molecular weight excluding hydrogens is 326 g/mol. The van der Waals surface area contributed by atoms with E-state index in [0.717, 1.165) is 11.3 Å². The molecule has 25 heavy (non-hydrogen) atoms. The second-order valence-electron chi connectivity index (χ2n) is 6.05. The molecule has 0 spiro atoms. The first kappa shape index (κ1) is 15.5. The van der Waals surface area contributed by atoms with Crippen LogP contribution in [0.15, 0.2) is 30.2 Å². The summed E-state index contributed by atoms with van der Waals surface area (Å²) in [7, 11) is 1.50. The molecule has 0 bridgehead atoms. The van der Waals surface area contributed by atoms with E-state index < -0.39 is 12.2 Å². The molecule has 0 aromatic heterocycles. The van der Waals surface area contributed by atoms with Gasteiger partial charge in [0.05, 0.1) is 12.2 Å². The number of rotatable bonds is 2. The smallest absolute Gasteiger partial charge is 0.415 e. The molecule has 130 valence electrons. The van der Waals surface area contributed by atoms with Gasteiger partial charge in [0.2, 0.25) is 0 Å². The Morgan fingerprint density at radius 2 is 2.12 bits per heavy atom. The molecule has 1 atom stereocenters. The molecule has 2 amide bonds. The summed E-state index contributed by atoms with van der Waals surface area (Å²) in [5, 5.41) is 2.48. The zero-order valence-corrected chi connectivity index (χ0v) is 13.7. The van der Waals surface area contributed by atoms with Crippen molar-refractivity contribution in [3.05, 3.63) is 35.7 Å². The van der Waals surface area contributed by atoms with Crippen LogP contribution in [0.1, 0.15) is 12.0 Å². The summed E-state index contributed by atoms with van der Waals surface area (Å²) in [6.45, 7) is 1.06. The summed E-state index contributed by atoms with van der Waals surface area (Å²) in [6.07, 6.45) is 0.605. The Kier molecular flexibility index (Phi) is 3.60. The van der Waals surface area contributed by atoms with E-state index >= 15 is 0 Å². The number of nitrogens with zero attached hydrogens (tertiary/aromatic N) is 2. The second kappa shape index (κ2) is 5.80. The molecule has 3 aliphatic heterocycles. The minimum absolute atomic E-state index is 0.0615. The quantitative estimate of drug-likeness (QED) is 0.859. The molecule has 0 aliphatic carbocycles. The lowest BCUT2D eigenvalue weighted by atomic mass is 10.1. The van der Waals surface area contributed by atoms with Crippen LogP contribution in [0.2, 0.25) is 0 Å². The van der Waals surface area contributed by atoms with Gasteiger partial charge in [0.25, 0.3) is 5.91 Å². The van der Waals surface area contributed by atoms with Gasteiger partial charge in [-0.05, 0) is 18.2 Å². The number of carbonyl (C=O) groups is 3. The molecule has 8 heteroatoms. The van der Waals surface area contributed by atoms with E-state index in [4.69, 9.17) is 9.47 Å². The Morgan fingerprint density at radius 1 is 1.28 bits per heavy atom. The number of hydrogen-bond donors (Lipinski definition) is 1. The van der Waals surface area contributed by atoms with Crippen LogP contribution >= 0.6 is 0 Å². The third-order valence-corrected chi connectivity index (χ3v) is 4.52. The van der Waals surface area contributed by atoms with Gasteiger partial charge in [0, 0.05) is 37.3 Å². The summed E-state index contributed by atoms with van der Waals surface area (Å²) < 4.78 is 10.8. The predicted octanol–water partition coefficient (Wildman–Crippen LogP) is 0.909. The minimum atomic E-state index is -0.813. The van der Waals surface area contributed by atoms with Crippen LogP contribution in [0.25, 0.3) is 0 Å². The summed E-state index contributed by atoms with van der Waals surface area (Å²) in [5.41, 5.74) is 2.53. The molecule has 1 aromatic rings. The van der Waals surface area contributed by atoms with Crippen molar-refractivity contribution >= 4 is 29.2 Å². The maximum atomic E-state index is 12.1. The number of ketones is 1. The summed E-state index contributed by atoms with van der Waals surface area (Å²) >= 11 is 0. The normalized spacial score (nSPS) is 21.8. The van der Waals surface area contributed by atoms with Crippen molar-refractivity contribution in [3.8, 4) is 0 Å². The molecule has 3 aliphatic rings. The largest absolute Gasteiger partial charge is 0.474 e. The lowest BCUT2D eigenvalue weighted by Gasteiger charge is -2.35. The SMILES string of the molecule is CNC(=O)[C@H]1CN(c2ccc3c(c2)COC2=CC(=O)CCN23)C(=O)O1. The van der Waals surface area contributed by atoms with Crippen molar-refractivity contribution in [2.45, 2.75) is 19.1 Å². The van der Waals surface area contributed by atoms with Crippen molar-refractivity contribution in [1.82, 2.24) is 5.32 Å². The fourth-order valence-electron chi connectivity index (χ4n) is 3.22. The van der Waals surface area contributed by atoms with Gasteiger partial charge >= 0.3 is 6.09 Å². The Balaban J connectivity index is 1.61. The standard InChI is InChI=1S/C17H17N3O5/c1-18-16(22)14-8-20(17(23)25-14)11-2-3-13-10(6-11)9-24-15-7-12(21)4-5-19(13)15/h2-3,6-7,14H,4-5,8-9H2,1H3,(H,18,22)/t14-/m1/s1. The van der Waals surface area contributed by atoms with Gasteiger partial charge in [-0.2, -0.15) is 0 Å². The fraction of sp³-hybridized carbons (Fsp3) is 0.353. The van der Waals surface area contributed by atoms with Gasteiger partial charge in [-0.25, -0.2) is 4.79 Å². The summed E-state index contributed by atoms with van der Waals surface area (Å²) in [5.74, 6) is 0.299. The molecule has 8 nitrogen and oxygen atoms in total. The second-order valence-corrected chi connectivity index (χ2v) is 6.05. The Morgan fingerprint density at radius 3 is 2.92 bits per heavy atom. The van der Waals surface area contributed by atoms with Crippen LogP contribution in [0, 0.1) is 0 Å². The maximum absolute atomic E-state index is 12.1. The topological polar surface area (TPSA) is 88.2 Å². The van der Waals surface area contributed by atoms with Gasteiger partial charge < -0.3 is 19.7 Å². The maximum Gasteiger partial charge on any atom is 0.415 e. The van der Waals surface area contributed by atoms with Crippen LogP contribution in [-0.2, 0) is 25.7 Å². The van der Waals surface area contributed by atoms with Crippen LogP contribution < -0.4 is 15.1 Å². The molecule has 0 radical (unpaired) electrons. The van der Waals surface area contributed by atoms with Crippen molar-refractivity contribution in [2.75, 3.05) is 29.9 Å². The van der Waals surface area contributed by atoms with Gasteiger partial charge in [-0.3, -0.25) is 14.5 Å². The van der Waals surface area contributed by atoms with E-state index in [0.29, 0.717) is 31.1 Å². The highest BCUT2D eigenvalue weighted by molar-refractivity contribution is 5.96. The number of fused-ring (bicyclic) bond motifs is 3. The average Bonchev–Trinajstić information content (AvgIpc) is 3.02. The van der Waals surface area contributed by atoms with Crippen molar-refractivity contribution < 1.29 is 23.9 Å². The predicted molar refractivity (Wildman–Crippen MR) is 88.0 cm³/mol. The summed E-state index contributed by atoms with van der Waals surface area (Å²) in [4.78, 5) is 38.7. The van der Waals surface area contributed by atoms with E-state index in [9.17, 15) is 14.4 Å². The van der Waals surface area contributed by atoms with Crippen molar-refractivity contribution in [2.24, 2.45) is 0 Å². The highest BCUT2D eigenvalue weighted by Gasteiger charge is 2.37. The number of likely N-dealkylation sites (N-methyl/N-ethyl adjacent to an activating group) is 1. The molecular formula is C17H17N3O5. The minimum Gasteiger partial charge on any atom is -0.474 e. The number of cyclic esters (lactones) is 1. The monoisotopic (exact) mass is 343 g/mol. The van der Waals surface area contributed by atoms with E-state index in [-0.39, 0.29) is 18.2 Å². The first-order valence-corrected chi connectivity index (χ1v) is 8.04. The van der Waals surface area contributed by atoms with Crippen molar-refractivity contribution in [1.29, 1.82) is 0 Å². The van der Waals surface area contributed by atoms with Crippen LogP contribution in [-0.4, -0.2) is 44.0 Å². The van der Waals surface area contributed by atoms with Gasteiger partial charge in [-0.15, -0.1) is 0 Å². The Labute approximate surface area is 144 Å². The highest BCUT2D eigenvalue weighted by atomic mass is 16.6. The molecule has 0 unspecified atom stereocenters. The third kappa shape index (κ3) is 2.59. The van der Waals surface area contributed by atoms with Gasteiger partial charge in [0.15, 0.2) is 17.8 Å². The zero-order valence-electron chi connectivity index (χ0n) is 13.7. The zero-order chi connectivity index (χ0) is 17.6. The highest BCUT2D eigenvalue weighted by Crippen LogP contribution is 2.36. The van der Waals surface area contributed by atoms with E-state index in [1.807, 2.05) is 23.1 Å². The number of anilines is 2. The molecule has 4 rings (SSSR count). The Hall–Kier alpha value is -3.03. The average molecular weight is 343 g/mol. The number of allylic oxidation sites excluding steroid dienone is 1. The number of ether oxygens (including phenoxy) is 2. The van der Waals surface area contributed by atoms with E-state index in [1.165, 1.54) is 18.0 Å². The summed E-state index contributed by atoms with van der Waals surface area (Å²) in [6, 6.07) is 5.57. The lowest BCUT2D eigenvalue weighted by molar-refractivity contribution is -0.127. The molecule has 0 saturated carbocycles. The molecule has 1 fully saturated rings. The van der Waals surface area contributed by atoms with Crippen LogP contribution in [0.4, 0.5) is 16.2 Å². The third-order valence-electron chi connectivity index (χ3n) is 4.52. The first-order valence-electron chi connectivity index (χ1n) is 8.04. The van der Waals surface area contributed by atoms with Gasteiger partial charge in [0.1, 0.15) is 6.61 Å². The lowest BCUT2D eigenvalue weighted by Crippen LogP contribution is -2.35. The first-order chi connectivity index (χ1) is 12.1. The van der Waals surface area contributed by atoms with E-state index in [2.05, 4.69) is 5.32 Å². The van der Waals surface area contributed by atoms with E-state index in [1.54, 1.807) is 0 Å². The Bertz CT molecular complexity index is 803.